The van der Waals surface area contributed by atoms with E-state index in [4.69, 9.17) is 4.74 Å². The Morgan fingerprint density at radius 2 is 1.37 bits per heavy atom. The van der Waals surface area contributed by atoms with Gasteiger partial charge in [-0.15, -0.1) is 11.8 Å². The van der Waals surface area contributed by atoms with Crippen molar-refractivity contribution < 1.29 is 17.9 Å². The van der Waals surface area contributed by atoms with Gasteiger partial charge in [0.25, 0.3) is 0 Å². The van der Waals surface area contributed by atoms with Crippen LogP contribution in [-0.2, 0) is 20.4 Å². The lowest BCUT2D eigenvalue weighted by Crippen LogP contribution is -2.58. The fourth-order valence-corrected chi connectivity index (χ4v) is 9.44. The van der Waals surface area contributed by atoms with Crippen molar-refractivity contribution >= 4 is 27.9 Å². The molecule has 1 N–H and O–H groups in total. The number of thioether (sulfide) groups is 1. The molecule has 1 saturated heterocycles. The standard InChI is InChI=1S/C33H42N2O4S2/c1-21(2)28(34-41(37,38)29-24(6)19-23(5)20-25(29)7)31(40-8)35-30(22(3)4)33(39-32(35)36,26-15-11-9-12-16-26)27-17-13-10-14-18-27/h9-22,28,30-31,34H,1-8H3/t28-,30-,31-/m0/s1. The third-order valence-electron chi connectivity index (χ3n) is 7.92. The van der Waals surface area contributed by atoms with Gasteiger partial charge in [0, 0.05) is 11.1 Å². The van der Waals surface area contributed by atoms with Crippen molar-refractivity contribution in [2.75, 3.05) is 6.26 Å². The molecule has 0 spiro atoms. The first-order valence-electron chi connectivity index (χ1n) is 14.1. The molecular formula is C33H42N2O4S2. The molecule has 3 aromatic carbocycles. The molecule has 6 nitrogen and oxygen atoms in total. The van der Waals surface area contributed by atoms with Crippen LogP contribution in [-0.4, -0.2) is 43.1 Å². The molecule has 1 amide bonds. The first kappa shape index (κ1) is 31.1. The number of amides is 1. The smallest absolute Gasteiger partial charge is 0.412 e. The Labute approximate surface area is 249 Å². The molecular weight excluding hydrogens is 553 g/mol. The Morgan fingerprint density at radius 1 is 0.878 bits per heavy atom. The van der Waals surface area contributed by atoms with Crippen molar-refractivity contribution in [3.8, 4) is 0 Å². The van der Waals surface area contributed by atoms with Gasteiger partial charge in [-0.2, -0.15) is 0 Å². The van der Waals surface area contributed by atoms with E-state index in [9.17, 15) is 13.2 Å². The van der Waals surface area contributed by atoms with Crippen molar-refractivity contribution in [2.45, 2.75) is 76.4 Å². The maximum atomic E-state index is 14.1. The van der Waals surface area contributed by atoms with Crippen molar-refractivity contribution in [1.29, 1.82) is 0 Å². The summed E-state index contributed by atoms with van der Waals surface area (Å²) < 4.78 is 37.4. The van der Waals surface area contributed by atoms with Crippen LogP contribution in [0.25, 0.3) is 0 Å². The van der Waals surface area contributed by atoms with Crippen molar-refractivity contribution in [3.05, 3.63) is 101 Å². The zero-order chi connectivity index (χ0) is 30.1. The molecule has 220 valence electrons. The van der Waals surface area contributed by atoms with Crippen LogP contribution >= 0.6 is 11.8 Å². The molecule has 0 saturated carbocycles. The largest absolute Gasteiger partial charge is 0.431 e. The highest BCUT2D eigenvalue weighted by Crippen LogP contribution is 2.49. The van der Waals surface area contributed by atoms with E-state index in [1.807, 2.05) is 114 Å². The van der Waals surface area contributed by atoms with Crippen LogP contribution in [0, 0.1) is 32.6 Å². The van der Waals surface area contributed by atoms with Crippen LogP contribution in [0.2, 0.25) is 0 Å². The Balaban J connectivity index is 1.85. The molecule has 0 aliphatic carbocycles. The highest BCUT2D eigenvalue weighted by molar-refractivity contribution is 7.99. The molecule has 1 fully saturated rings. The van der Waals surface area contributed by atoms with Gasteiger partial charge >= 0.3 is 6.09 Å². The molecule has 0 radical (unpaired) electrons. The minimum absolute atomic E-state index is 0.0116. The molecule has 1 aliphatic heterocycles. The third-order valence-corrected chi connectivity index (χ3v) is 10.7. The van der Waals surface area contributed by atoms with E-state index >= 15 is 0 Å². The van der Waals surface area contributed by atoms with Gasteiger partial charge in [-0.3, -0.25) is 4.90 Å². The van der Waals surface area contributed by atoms with E-state index in [0.29, 0.717) is 16.0 Å². The van der Waals surface area contributed by atoms with Crippen LogP contribution in [0.15, 0.2) is 77.7 Å². The fourth-order valence-electron chi connectivity index (χ4n) is 6.40. The number of sulfonamides is 1. The summed E-state index contributed by atoms with van der Waals surface area (Å²) in [7, 11) is -3.90. The molecule has 1 aliphatic rings. The summed E-state index contributed by atoms with van der Waals surface area (Å²) in [6, 6.07) is 22.5. The van der Waals surface area contributed by atoms with E-state index < -0.39 is 39.2 Å². The normalized spacial score (nSPS) is 18.5. The number of hydrogen-bond acceptors (Lipinski definition) is 5. The lowest BCUT2D eigenvalue weighted by atomic mass is 9.75. The van der Waals surface area contributed by atoms with Crippen molar-refractivity contribution in [3.63, 3.8) is 0 Å². The highest BCUT2D eigenvalue weighted by atomic mass is 32.2. The maximum Gasteiger partial charge on any atom is 0.412 e. The summed E-state index contributed by atoms with van der Waals surface area (Å²) in [6.07, 6.45) is 1.47. The molecule has 4 rings (SSSR count). The molecule has 3 aromatic rings. The van der Waals surface area contributed by atoms with Gasteiger partial charge in [0.1, 0.15) is 0 Å². The molecule has 1 heterocycles. The van der Waals surface area contributed by atoms with Gasteiger partial charge in [-0.1, -0.05) is 106 Å². The Morgan fingerprint density at radius 3 is 1.78 bits per heavy atom. The van der Waals surface area contributed by atoms with Crippen LogP contribution < -0.4 is 4.72 Å². The van der Waals surface area contributed by atoms with Crippen LogP contribution in [0.3, 0.4) is 0 Å². The molecule has 0 unspecified atom stereocenters. The van der Waals surface area contributed by atoms with Gasteiger partial charge in [0.15, 0.2) is 5.60 Å². The Kier molecular flexibility index (Phi) is 9.26. The second-order valence-corrected chi connectivity index (χ2v) is 14.3. The van der Waals surface area contributed by atoms with E-state index in [2.05, 4.69) is 18.6 Å². The number of cyclic esters (lactones) is 1. The summed E-state index contributed by atoms with van der Waals surface area (Å²) >= 11 is 1.46. The van der Waals surface area contributed by atoms with Gasteiger partial charge < -0.3 is 4.74 Å². The molecule has 8 heteroatoms. The molecule has 0 bridgehead atoms. The minimum Gasteiger partial charge on any atom is -0.431 e. The highest BCUT2D eigenvalue weighted by Gasteiger charge is 2.60. The average molecular weight is 595 g/mol. The van der Waals surface area contributed by atoms with Crippen LogP contribution in [0.4, 0.5) is 4.79 Å². The molecule has 0 aromatic heterocycles. The van der Waals surface area contributed by atoms with Gasteiger partial charge in [0.05, 0.1) is 22.4 Å². The number of hydrogen-bond donors (Lipinski definition) is 1. The van der Waals surface area contributed by atoms with E-state index in [1.54, 1.807) is 4.90 Å². The van der Waals surface area contributed by atoms with Crippen LogP contribution in [0.5, 0.6) is 0 Å². The topological polar surface area (TPSA) is 75.7 Å². The third kappa shape index (κ3) is 5.79. The number of ether oxygens (including phenoxy) is 1. The molecule has 41 heavy (non-hydrogen) atoms. The minimum atomic E-state index is -3.90. The predicted octanol–water partition coefficient (Wildman–Crippen LogP) is 7.02. The first-order chi connectivity index (χ1) is 19.3. The summed E-state index contributed by atoms with van der Waals surface area (Å²) in [5.41, 5.74) is 3.12. The summed E-state index contributed by atoms with van der Waals surface area (Å²) in [4.78, 5) is 16.2. The maximum absolute atomic E-state index is 14.1. The van der Waals surface area contributed by atoms with Crippen LogP contribution in [0.1, 0.15) is 55.5 Å². The summed E-state index contributed by atoms with van der Waals surface area (Å²) in [6.45, 7) is 13.8. The number of carbonyl (C=O) groups is 1. The van der Waals surface area contributed by atoms with E-state index in [1.165, 1.54) is 11.8 Å². The van der Waals surface area contributed by atoms with Gasteiger partial charge in [-0.05, 0) is 50.0 Å². The van der Waals surface area contributed by atoms with Crippen molar-refractivity contribution in [2.24, 2.45) is 11.8 Å². The summed E-state index contributed by atoms with van der Waals surface area (Å²) in [5, 5.41) is -0.523. The number of carbonyl (C=O) groups excluding carboxylic acids is 1. The Bertz CT molecular complexity index is 1410. The zero-order valence-electron chi connectivity index (χ0n) is 25.2. The first-order valence-corrected chi connectivity index (χ1v) is 16.9. The molecule has 3 atom stereocenters. The number of benzene rings is 3. The quantitative estimate of drug-likeness (QED) is 0.273. The summed E-state index contributed by atoms with van der Waals surface area (Å²) in [5.74, 6) is -0.125. The van der Waals surface area contributed by atoms with Gasteiger partial charge in [0.2, 0.25) is 10.0 Å². The second-order valence-electron chi connectivity index (χ2n) is 11.7. The average Bonchev–Trinajstić information content (AvgIpc) is 3.22. The number of nitrogens with one attached hydrogen (secondary N) is 1. The number of aryl methyl sites for hydroxylation is 3. The number of nitrogens with zero attached hydrogens (tertiary/aromatic N) is 1. The van der Waals surface area contributed by atoms with Gasteiger partial charge in [-0.25, -0.2) is 17.9 Å². The van der Waals surface area contributed by atoms with Crippen molar-refractivity contribution in [1.82, 2.24) is 9.62 Å². The monoisotopic (exact) mass is 594 g/mol. The van der Waals surface area contributed by atoms with E-state index in [0.717, 1.165) is 16.7 Å². The second kappa shape index (κ2) is 12.2. The number of rotatable bonds is 10. The SMILES string of the molecule is CS[C@@H]([C@@H](NS(=O)(=O)c1c(C)cc(C)cc1C)C(C)C)N1C(=O)OC(c2ccccc2)(c2ccccc2)[C@@H]1C(C)C. The fraction of sp³-hybridized carbons (Fsp3) is 0.424. The Hall–Kier alpha value is -2.81. The van der Waals surface area contributed by atoms with E-state index in [-0.39, 0.29) is 11.8 Å². The lowest BCUT2D eigenvalue weighted by molar-refractivity contribution is 0.0534. The predicted molar refractivity (Wildman–Crippen MR) is 168 cm³/mol. The zero-order valence-corrected chi connectivity index (χ0v) is 26.8. The lowest BCUT2D eigenvalue weighted by Gasteiger charge is -2.42.